The second kappa shape index (κ2) is 7.40. The molecule has 5 nitrogen and oxygen atoms in total. The summed E-state index contributed by atoms with van der Waals surface area (Å²) in [6.45, 7) is 4.07. The first-order valence-corrected chi connectivity index (χ1v) is 8.01. The van der Waals surface area contributed by atoms with Crippen molar-refractivity contribution < 1.29 is 19.1 Å². The number of methoxy groups -OCH3 is 1. The van der Waals surface area contributed by atoms with E-state index < -0.39 is 12.0 Å². The smallest absolute Gasteiger partial charge is 0.328 e. The molecule has 1 aromatic rings. The molecule has 2 atom stereocenters. The van der Waals surface area contributed by atoms with E-state index in [0.29, 0.717) is 36.3 Å². The van der Waals surface area contributed by atoms with Gasteiger partial charge >= 0.3 is 5.97 Å². The molecular weight excluding hydrogens is 294 g/mol. The van der Waals surface area contributed by atoms with Crippen molar-refractivity contribution in [1.29, 1.82) is 0 Å². The van der Waals surface area contributed by atoms with Gasteiger partial charge in [0.05, 0.1) is 7.11 Å². The number of nitrogens with one attached hydrogen (secondary N) is 1. The number of ether oxygens (including phenoxy) is 1. The fraction of sp³-hybridized carbons (Fsp3) is 0.500. The molecule has 0 aliphatic heterocycles. The standard InChI is InChI=1S/C18H23NO4/c1-4-11(2)10-15(18(22)23-3)19-17(21)14-7-5-6-13-12(14)8-9-16(13)20/h5-7,11,15H,4,8-10H2,1-3H3,(H,19,21)/t11-,15-/m0/s1. The summed E-state index contributed by atoms with van der Waals surface area (Å²) in [6, 6.07) is 4.48. The van der Waals surface area contributed by atoms with Crippen LogP contribution in [0.4, 0.5) is 0 Å². The number of hydrogen-bond donors (Lipinski definition) is 1. The number of rotatable bonds is 6. The van der Waals surface area contributed by atoms with Gasteiger partial charge in [-0.25, -0.2) is 4.79 Å². The third-order valence-electron chi connectivity index (χ3n) is 4.45. The van der Waals surface area contributed by atoms with Gasteiger partial charge in [0, 0.05) is 17.5 Å². The third kappa shape index (κ3) is 3.78. The molecule has 1 aliphatic rings. The lowest BCUT2D eigenvalue weighted by atomic mass is 9.98. The van der Waals surface area contributed by atoms with E-state index in [0.717, 1.165) is 12.0 Å². The van der Waals surface area contributed by atoms with E-state index in [2.05, 4.69) is 5.32 Å². The van der Waals surface area contributed by atoms with Gasteiger partial charge < -0.3 is 10.1 Å². The number of ketones is 1. The van der Waals surface area contributed by atoms with E-state index in [1.165, 1.54) is 7.11 Å². The second-order valence-electron chi connectivity index (χ2n) is 6.05. The SMILES string of the molecule is CC[C@H](C)C[C@H](NC(=O)c1cccc2c1CCC2=O)C(=O)OC. The molecule has 1 aromatic carbocycles. The molecule has 0 spiro atoms. The van der Waals surface area contributed by atoms with E-state index in [1.54, 1.807) is 18.2 Å². The molecular formula is C18H23NO4. The van der Waals surface area contributed by atoms with Crippen molar-refractivity contribution in [3.8, 4) is 0 Å². The first-order valence-electron chi connectivity index (χ1n) is 8.01. The number of hydrogen-bond acceptors (Lipinski definition) is 4. The zero-order chi connectivity index (χ0) is 17.0. The summed E-state index contributed by atoms with van der Waals surface area (Å²) in [7, 11) is 1.32. The summed E-state index contributed by atoms with van der Waals surface area (Å²) in [5, 5.41) is 2.77. The van der Waals surface area contributed by atoms with Gasteiger partial charge in [0.25, 0.3) is 5.91 Å². The van der Waals surface area contributed by atoms with E-state index in [4.69, 9.17) is 4.74 Å². The van der Waals surface area contributed by atoms with Gasteiger partial charge in [0.1, 0.15) is 6.04 Å². The molecule has 1 aliphatic carbocycles. The maximum atomic E-state index is 12.6. The zero-order valence-electron chi connectivity index (χ0n) is 13.8. The Kier molecular flexibility index (Phi) is 5.53. The van der Waals surface area contributed by atoms with Crippen LogP contribution in [0.1, 0.15) is 59.4 Å². The van der Waals surface area contributed by atoms with Crippen molar-refractivity contribution >= 4 is 17.7 Å². The quantitative estimate of drug-likeness (QED) is 0.818. The number of esters is 1. The molecule has 0 fully saturated rings. The predicted octanol–water partition coefficient (Wildman–Crippen LogP) is 2.52. The maximum Gasteiger partial charge on any atom is 0.328 e. The second-order valence-corrected chi connectivity index (χ2v) is 6.05. The van der Waals surface area contributed by atoms with Crippen molar-refractivity contribution in [2.45, 2.75) is 45.6 Å². The highest BCUT2D eigenvalue weighted by Gasteiger charge is 2.28. The highest BCUT2D eigenvalue weighted by molar-refractivity contribution is 6.06. The number of carbonyl (C=O) groups excluding carboxylic acids is 3. The molecule has 0 aromatic heterocycles. The normalized spacial score (nSPS) is 15.7. The third-order valence-corrected chi connectivity index (χ3v) is 4.45. The summed E-state index contributed by atoms with van der Waals surface area (Å²) < 4.78 is 4.80. The lowest BCUT2D eigenvalue weighted by Gasteiger charge is -2.20. The van der Waals surface area contributed by atoms with Gasteiger partial charge in [-0.2, -0.15) is 0 Å². The highest BCUT2D eigenvalue weighted by atomic mass is 16.5. The summed E-state index contributed by atoms with van der Waals surface area (Å²) in [6.07, 6.45) is 2.46. The molecule has 0 unspecified atom stereocenters. The van der Waals surface area contributed by atoms with Crippen molar-refractivity contribution in [2.24, 2.45) is 5.92 Å². The molecule has 0 heterocycles. The lowest BCUT2D eigenvalue weighted by Crippen LogP contribution is -2.42. The van der Waals surface area contributed by atoms with Gasteiger partial charge in [-0.1, -0.05) is 32.4 Å². The Morgan fingerprint density at radius 3 is 2.70 bits per heavy atom. The van der Waals surface area contributed by atoms with E-state index in [9.17, 15) is 14.4 Å². The Bertz CT molecular complexity index is 623. The van der Waals surface area contributed by atoms with Crippen LogP contribution in [-0.2, 0) is 16.0 Å². The average Bonchev–Trinajstić information content (AvgIpc) is 2.94. The van der Waals surface area contributed by atoms with Crippen LogP contribution >= 0.6 is 0 Å². The minimum absolute atomic E-state index is 0.0683. The predicted molar refractivity (Wildman–Crippen MR) is 86.4 cm³/mol. The molecule has 0 saturated carbocycles. The fourth-order valence-electron chi connectivity index (χ4n) is 2.86. The molecule has 1 amide bonds. The summed E-state index contributed by atoms with van der Waals surface area (Å²) in [5.74, 6) is -0.404. The molecule has 1 N–H and O–H groups in total. The zero-order valence-corrected chi connectivity index (χ0v) is 13.8. The van der Waals surface area contributed by atoms with E-state index in [1.807, 2.05) is 13.8 Å². The first-order chi connectivity index (χ1) is 11.0. The van der Waals surface area contributed by atoms with Crippen LogP contribution in [-0.4, -0.2) is 30.8 Å². The van der Waals surface area contributed by atoms with Crippen LogP contribution in [0.3, 0.4) is 0 Å². The van der Waals surface area contributed by atoms with E-state index >= 15 is 0 Å². The van der Waals surface area contributed by atoms with Crippen molar-refractivity contribution in [3.05, 3.63) is 34.9 Å². The molecule has 124 valence electrons. The molecule has 5 heteroatoms. The molecule has 0 bridgehead atoms. The Balaban J connectivity index is 2.19. The van der Waals surface area contributed by atoms with Crippen LogP contribution in [0.15, 0.2) is 18.2 Å². The van der Waals surface area contributed by atoms with Crippen molar-refractivity contribution in [1.82, 2.24) is 5.32 Å². The average molecular weight is 317 g/mol. The van der Waals surface area contributed by atoms with Gasteiger partial charge in [0.15, 0.2) is 5.78 Å². The van der Waals surface area contributed by atoms with E-state index in [-0.39, 0.29) is 11.7 Å². The Morgan fingerprint density at radius 1 is 1.30 bits per heavy atom. The molecule has 0 radical (unpaired) electrons. The number of benzene rings is 1. The summed E-state index contributed by atoms with van der Waals surface area (Å²) in [4.78, 5) is 36.3. The number of amides is 1. The minimum atomic E-state index is -0.671. The van der Waals surface area contributed by atoms with Crippen LogP contribution in [0.5, 0.6) is 0 Å². The molecule has 2 rings (SSSR count). The van der Waals surface area contributed by atoms with Crippen molar-refractivity contribution in [2.75, 3.05) is 7.11 Å². The monoisotopic (exact) mass is 317 g/mol. The van der Waals surface area contributed by atoms with Crippen molar-refractivity contribution in [3.63, 3.8) is 0 Å². The topological polar surface area (TPSA) is 72.5 Å². The number of carbonyl (C=O) groups is 3. The maximum absolute atomic E-state index is 12.6. The van der Waals surface area contributed by atoms with Gasteiger partial charge in [-0.15, -0.1) is 0 Å². The fourth-order valence-corrected chi connectivity index (χ4v) is 2.86. The molecule has 23 heavy (non-hydrogen) atoms. The van der Waals surface area contributed by atoms with Crippen LogP contribution < -0.4 is 5.32 Å². The first kappa shape index (κ1) is 17.2. The number of fused-ring (bicyclic) bond motifs is 1. The van der Waals surface area contributed by atoms with Crippen LogP contribution in [0.25, 0.3) is 0 Å². The van der Waals surface area contributed by atoms with Gasteiger partial charge in [-0.3, -0.25) is 9.59 Å². The minimum Gasteiger partial charge on any atom is -0.467 e. The van der Waals surface area contributed by atoms with Gasteiger partial charge in [0.2, 0.25) is 0 Å². The Hall–Kier alpha value is -2.17. The van der Waals surface area contributed by atoms with Crippen LogP contribution in [0, 0.1) is 5.92 Å². The summed E-state index contributed by atoms with van der Waals surface area (Å²) >= 11 is 0. The lowest BCUT2D eigenvalue weighted by molar-refractivity contribution is -0.143. The highest BCUT2D eigenvalue weighted by Crippen LogP contribution is 2.25. The number of Topliss-reactive ketones (excluding diaryl/α,β-unsaturated/α-hetero) is 1. The van der Waals surface area contributed by atoms with Gasteiger partial charge in [-0.05, 0) is 30.4 Å². The Morgan fingerprint density at radius 2 is 2.04 bits per heavy atom. The Labute approximate surface area is 136 Å². The largest absolute Gasteiger partial charge is 0.467 e. The molecule has 0 saturated heterocycles. The van der Waals surface area contributed by atoms with Crippen LogP contribution in [0.2, 0.25) is 0 Å². The summed E-state index contributed by atoms with van der Waals surface area (Å²) in [5.41, 5.74) is 1.88.